The summed E-state index contributed by atoms with van der Waals surface area (Å²) in [6, 6.07) is 5.26. The molecule has 0 unspecified atom stereocenters. The Morgan fingerprint density at radius 2 is 2.06 bits per heavy atom. The van der Waals surface area contributed by atoms with Crippen LogP contribution >= 0.6 is 0 Å². The van der Waals surface area contributed by atoms with Crippen LogP contribution in [0.5, 0.6) is 0 Å². The summed E-state index contributed by atoms with van der Waals surface area (Å²) < 4.78 is 1.74. The van der Waals surface area contributed by atoms with Crippen LogP contribution in [0.1, 0.15) is 32.6 Å². The van der Waals surface area contributed by atoms with E-state index in [0.717, 1.165) is 19.6 Å². The normalized spacial score (nSPS) is 10.6. The highest BCUT2D eigenvalue weighted by Crippen LogP contribution is 1.96. The first-order chi connectivity index (χ1) is 7.84. The minimum atomic E-state index is 0.0790. The van der Waals surface area contributed by atoms with Crippen molar-refractivity contribution in [3.05, 3.63) is 34.7 Å². The Morgan fingerprint density at radius 3 is 2.81 bits per heavy atom. The number of pyridine rings is 1. The summed E-state index contributed by atoms with van der Waals surface area (Å²) in [6.45, 7) is 4.90. The van der Waals surface area contributed by atoms with E-state index in [1.54, 1.807) is 16.7 Å². The lowest BCUT2D eigenvalue weighted by molar-refractivity contribution is 0.554. The Labute approximate surface area is 97.5 Å². The van der Waals surface area contributed by atoms with Gasteiger partial charge in [0.05, 0.1) is 0 Å². The van der Waals surface area contributed by atoms with Crippen molar-refractivity contribution in [1.29, 1.82) is 0 Å². The maximum absolute atomic E-state index is 11.4. The van der Waals surface area contributed by atoms with Crippen molar-refractivity contribution in [1.82, 2.24) is 9.88 Å². The molecule has 1 rings (SSSR count). The van der Waals surface area contributed by atoms with Crippen molar-refractivity contribution in [3.63, 3.8) is 0 Å². The number of nitrogens with one attached hydrogen (secondary N) is 1. The minimum Gasteiger partial charge on any atom is -0.315 e. The molecule has 0 atom stereocenters. The van der Waals surface area contributed by atoms with Gasteiger partial charge in [-0.15, -0.1) is 0 Å². The van der Waals surface area contributed by atoms with Gasteiger partial charge in [0, 0.05) is 25.4 Å². The van der Waals surface area contributed by atoms with Gasteiger partial charge in [-0.2, -0.15) is 0 Å². The van der Waals surface area contributed by atoms with Gasteiger partial charge in [0.25, 0.3) is 5.56 Å². The zero-order valence-corrected chi connectivity index (χ0v) is 10.1. The van der Waals surface area contributed by atoms with Gasteiger partial charge in [-0.3, -0.25) is 4.79 Å². The third kappa shape index (κ3) is 5.12. The number of nitrogens with zero attached hydrogens (tertiary/aromatic N) is 1. The van der Waals surface area contributed by atoms with E-state index >= 15 is 0 Å². The molecule has 0 radical (unpaired) electrons. The Kier molecular flexibility index (Phi) is 6.58. The average molecular weight is 222 g/mol. The van der Waals surface area contributed by atoms with Gasteiger partial charge in [-0.1, -0.05) is 32.3 Å². The third-order valence-corrected chi connectivity index (χ3v) is 2.64. The van der Waals surface area contributed by atoms with Gasteiger partial charge >= 0.3 is 0 Å². The molecule has 0 aliphatic carbocycles. The van der Waals surface area contributed by atoms with Crippen molar-refractivity contribution in [2.24, 2.45) is 0 Å². The van der Waals surface area contributed by atoms with Crippen LogP contribution in [-0.4, -0.2) is 17.7 Å². The zero-order valence-electron chi connectivity index (χ0n) is 10.1. The van der Waals surface area contributed by atoms with Crippen LogP contribution in [0.25, 0.3) is 0 Å². The maximum Gasteiger partial charge on any atom is 0.250 e. The highest BCUT2D eigenvalue weighted by molar-refractivity contribution is 4.93. The summed E-state index contributed by atoms with van der Waals surface area (Å²) in [5, 5.41) is 3.36. The van der Waals surface area contributed by atoms with Crippen LogP contribution in [0.4, 0.5) is 0 Å². The molecule has 3 heteroatoms. The summed E-state index contributed by atoms with van der Waals surface area (Å²) in [4.78, 5) is 11.4. The fraction of sp³-hybridized carbons (Fsp3) is 0.615. The molecule has 0 saturated heterocycles. The van der Waals surface area contributed by atoms with E-state index in [9.17, 15) is 4.79 Å². The van der Waals surface area contributed by atoms with Crippen LogP contribution in [0.3, 0.4) is 0 Å². The first-order valence-corrected chi connectivity index (χ1v) is 6.21. The monoisotopic (exact) mass is 222 g/mol. The summed E-state index contributed by atoms with van der Waals surface area (Å²) >= 11 is 0. The van der Waals surface area contributed by atoms with Crippen molar-refractivity contribution >= 4 is 0 Å². The maximum atomic E-state index is 11.4. The Bertz CT molecular complexity index is 333. The smallest absolute Gasteiger partial charge is 0.250 e. The van der Waals surface area contributed by atoms with Crippen molar-refractivity contribution in [2.45, 2.75) is 39.2 Å². The summed E-state index contributed by atoms with van der Waals surface area (Å²) in [6.07, 6.45) is 6.96. The fourth-order valence-corrected chi connectivity index (χ4v) is 1.65. The molecule has 16 heavy (non-hydrogen) atoms. The molecule has 1 N–H and O–H groups in total. The Morgan fingerprint density at radius 1 is 1.19 bits per heavy atom. The molecule has 90 valence electrons. The van der Waals surface area contributed by atoms with Gasteiger partial charge in [0.1, 0.15) is 0 Å². The Hall–Kier alpha value is -1.09. The quantitative estimate of drug-likeness (QED) is 0.683. The molecule has 1 aromatic rings. The number of unbranched alkanes of at least 4 members (excludes halogenated alkanes) is 3. The third-order valence-electron chi connectivity index (χ3n) is 2.64. The van der Waals surface area contributed by atoms with E-state index in [4.69, 9.17) is 0 Å². The topological polar surface area (TPSA) is 34.0 Å². The summed E-state index contributed by atoms with van der Waals surface area (Å²) in [7, 11) is 0. The second-order valence-corrected chi connectivity index (χ2v) is 4.04. The van der Waals surface area contributed by atoms with Crippen LogP contribution < -0.4 is 10.9 Å². The molecule has 0 saturated carbocycles. The molecule has 3 nitrogen and oxygen atoms in total. The molecular weight excluding hydrogens is 200 g/mol. The fourth-order valence-electron chi connectivity index (χ4n) is 1.65. The molecule has 0 aliphatic heterocycles. The lowest BCUT2D eigenvalue weighted by Gasteiger charge is -2.06. The van der Waals surface area contributed by atoms with E-state index < -0.39 is 0 Å². The van der Waals surface area contributed by atoms with Gasteiger partial charge in [0.2, 0.25) is 0 Å². The first-order valence-electron chi connectivity index (χ1n) is 6.21. The van der Waals surface area contributed by atoms with Crippen LogP contribution in [0.2, 0.25) is 0 Å². The van der Waals surface area contributed by atoms with Crippen LogP contribution in [0.15, 0.2) is 29.2 Å². The lowest BCUT2D eigenvalue weighted by Crippen LogP contribution is -2.26. The van der Waals surface area contributed by atoms with E-state index in [-0.39, 0.29) is 5.56 Å². The van der Waals surface area contributed by atoms with Gasteiger partial charge in [-0.25, -0.2) is 0 Å². The predicted octanol–water partition coefficient (Wildman–Crippen LogP) is 2.02. The minimum absolute atomic E-state index is 0.0790. The predicted molar refractivity (Wildman–Crippen MR) is 67.7 cm³/mol. The second-order valence-electron chi connectivity index (χ2n) is 4.04. The lowest BCUT2D eigenvalue weighted by atomic mass is 10.2. The number of hydrogen-bond acceptors (Lipinski definition) is 2. The molecule has 0 bridgehead atoms. The van der Waals surface area contributed by atoms with Gasteiger partial charge < -0.3 is 9.88 Å². The number of hydrogen-bond donors (Lipinski definition) is 1. The van der Waals surface area contributed by atoms with Crippen LogP contribution in [-0.2, 0) is 6.54 Å². The Balaban J connectivity index is 2.08. The molecule has 1 aromatic heterocycles. The highest BCUT2D eigenvalue weighted by Gasteiger charge is 1.93. The molecular formula is C13H22N2O. The first kappa shape index (κ1) is 13.0. The molecule has 0 aliphatic rings. The standard InChI is InChI=1S/C13H22N2O/c1-2-3-4-6-9-14-10-12-15-11-7-5-8-13(15)16/h5,7-8,11,14H,2-4,6,9-10,12H2,1H3. The molecule has 0 spiro atoms. The molecule has 0 fully saturated rings. The summed E-state index contributed by atoms with van der Waals surface area (Å²) in [5.74, 6) is 0. The van der Waals surface area contributed by atoms with E-state index in [0.29, 0.717) is 0 Å². The van der Waals surface area contributed by atoms with Crippen molar-refractivity contribution in [2.75, 3.05) is 13.1 Å². The van der Waals surface area contributed by atoms with Gasteiger partial charge in [-0.05, 0) is 19.0 Å². The van der Waals surface area contributed by atoms with E-state index in [2.05, 4.69) is 12.2 Å². The molecule has 1 heterocycles. The SMILES string of the molecule is CCCCCCNCCn1ccccc1=O. The molecule has 0 aromatic carbocycles. The van der Waals surface area contributed by atoms with Crippen molar-refractivity contribution < 1.29 is 0 Å². The average Bonchev–Trinajstić information content (AvgIpc) is 2.30. The summed E-state index contributed by atoms with van der Waals surface area (Å²) in [5.41, 5.74) is 0.0790. The zero-order chi connectivity index (χ0) is 11.6. The van der Waals surface area contributed by atoms with Crippen LogP contribution in [0, 0.1) is 0 Å². The molecule has 0 amide bonds. The number of aromatic nitrogens is 1. The highest BCUT2D eigenvalue weighted by atomic mass is 16.1. The van der Waals surface area contributed by atoms with E-state index in [1.807, 2.05) is 12.3 Å². The van der Waals surface area contributed by atoms with E-state index in [1.165, 1.54) is 25.7 Å². The second kappa shape index (κ2) is 8.11. The van der Waals surface area contributed by atoms with Crippen molar-refractivity contribution in [3.8, 4) is 0 Å². The number of rotatable bonds is 8. The van der Waals surface area contributed by atoms with Gasteiger partial charge in [0.15, 0.2) is 0 Å². The largest absolute Gasteiger partial charge is 0.315 e.